The maximum absolute atomic E-state index is 14.3. The van der Waals surface area contributed by atoms with Crippen LogP contribution in [0, 0.1) is 5.82 Å². The third-order valence-corrected chi connectivity index (χ3v) is 6.45. The molecule has 0 saturated heterocycles. The number of amides is 1. The number of halogens is 1. The zero-order valence-corrected chi connectivity index (χ0v) is 21.2. The number of benzene rings is 1. The van der Waals surface area contributed by atoms with Crippen molar-refractivity contribution in [3.8, 4) is 39.5 Å². The lowest BCUT2D eigenvalue weighted by atomic mass is 10.0. The molecule has 10 heteroatoms. The summed E-state index contributed by atoms with van der Waals surface area (Å²) < 4.78 is 19.5. The van der Waals surface area contributed by atoms with Crippen molar-refractivity contribution in [3.05, 3.63) is 73.1 Å². The van der Waals surface area contributed by atoms with E-state index in [4.69, 9.17) is 4.74 Å². The summed E-state index contributed by atoms with van der Waals surface area (Å²) in [7, 11) is 1.51. The summed E-state index contributed by atoms with van der Waals surface area (Å²) >= 11 is 0. The van der Waals surface area contributed by atoms with Crippen molar-refractivity contribution in [3.63, 3.8) is 0 Å². The van der Waals surface area contributed by atoms with Gasteiger partial charge >= 0.3 is 0 Å². The van der Waals surface area contributed by atoms with Crippen LogP contribution in [0.1, 0.15) is 19.8 Å². The number of pyridine rings is 3. The second-order valence-electron chi connectivity index (χ2n) is 9.13. The molecule has 1 amide bonds. The SMILES string of the molecule is CCCC(=O)Nc1cncc(-c2cc3c(-c4cc5c(-c6cc(F)cc(OC)c6)ccnc5[nH]4)n[nH]c3cn2)c1. The quantitative estimate of drug-likeness (QED) is 0.233. The lowest BCUT2D eigenvalue weighted by Crippen LogP contribution is -2.10. The number of rotatable bonds is 7. The van der Waals surface area contributed by atoms with Crippen LogP contribution in [-0.2, 0) is 4.79 Å². The summed E-state index contributed by atoms with van der Waals surface area (Å²) in [5.41, 5.74) is 6.41. The highest BCUT2D eigenvalue weighted by Gasteiger charge is 2.16. The van der Waals surface area contributed by atoms with Gasteiger partial charge in [0.1, 0.15) is 22.9 Å². The topological polar surface area (TPSA) is 121 Å². The van der Waals surface area contributed by atoms with Crippen LogP contribution in [-0.4, -0.2) is 43.2 Å². The number of hydrogen-bond donors (Lipinski definition) is 3. The van der Waals surface area contributed by atoms with E-state index in [-0.39, 0.29) is 11.7 Å². The van der Waals surface area contributed by atoms with Crippen LogP contribution in [0.15, 0.2) is 67.3 Å². The number of nitrogens with one attached hydrogen (secondary N) is 3. The van der Waals surface area contributed by atoms with Gasteiger partial charge in [-0.25, -0.2) is 9.37 Å². The molecule has 5 aromatic heterocycles. The van der Waals surface area contributed by atoms with E-state index >= 15 is 0 Å². The molecule has 0 unspecified atom stereocenters. The van der Waals surface area contributed by atoms with Gasteiger partial charge < -0.3 is 15.0 Å². The number of aromatic amines is 2. The monoisotopic (exact) mass is 521 g/mol. The van der Waals surface area contributed by atoms with E-state index in [1.165, 1.54) is 19.2 Å². The summed E-state index contributed by atoms with van der Waals surface area (Å²) in [6.45, 7) is 1.96. The zero-order chi connectivity index (χ0) is 26.9. The van der Waals surface area contributed by atoms with Crippen molar-refractivity contribution in [1.82, 2.24) is 30.1 Å². The van der Waals surface area contributed by atoms with Crippen molar-refractivity contribution in [2.75, 3.05) is 12.4 Å². The van der Waals surface area contributed by atoms with E-state index in [2.05, 4.69) is 35.5 Å². The normalized spacial score (nSPS) is 11.3. The Morgan fingerprint density at radius 3 is 2.77 bits per heavy atom. The van der Waals surface area contributed by atoms with E-state index in [0.29, 0.717) is 40.5 Å². The van der Waals surface area contributed by atoms with E-state index in [1.807, 2.05) is 31.2 Å². The number of carbonyl (C=O) groups excluding carboxylic acids is 1. The Morgan fingerprint density at radius 2 is 1.92 bits per heavy atom. The largest absolute Gasteiger partial charge is 0.497 e. The smallest absolute Gasteiger partial charge is 0.224 e. The maximum Gasteiger partial charge on any atom is 0.224 e. The van der Waals surface area contributed by atoms with Gasteiger partial charge in [0.2, 0.25) is 5.91 Å². The molecule has 0 bridgehead atoms. The fraction of sp³-hybridized carbons (Fsp3) is 0.138. The molecule has 6 aromatic rings. The number of hydrogen-bond acceptors (Lipinski definition) is 6. The minimum Gasteiger partial charge on any atom is -0.497 e. The third-order valence-electron chi connectivity index (χ3n) is 6.45. The van der Waals surface area contributed by atoms with Crippen LogP contribution < -0.4 is 10.1 Å². The average Bonchev–Trinajstić information content (AvgIpc) is 3.56. The highest BCUT2D eigenvalue weighted by molar-refractivity contribution is 6.00. The van der Waals surface area contributed by atoms with E-state index in [1.54, 1.807) is 30.9 Å². The summed E-state index contributed by atoms with van der Waals surface area (Å²) in [6.07, 6.45) is 7.92. The fourth-order valence-electron chi connectivity index (χ4n) is 4.62. The molecule has 1 aromatic carbocycles. The first-order valence-electron chi connectivity index (χ1n) is 12.4. The molecule has 0 aliphatic carbocycles. The zero-order valence-electron chi connectivity index (χ0n) is 21.2. The first kappa shape index (κ1) is 24.2. The number of fused-ring (bicyclic) bond motifs is 2. The van der Waals surface area contributed by atoms with Gasteiger partial charge in [0.15, 0.2) is 0 Å². The minimum absolute atomic E-state index is 0.0551. The van der Waals surface area contributed by atoms with Crippen LogP contribution in [0.2, 0.25) is 0 Å². The third kappa shape index (κ3) is 4.68. The van der Waals surface area contributed by atoms with Gasteiger partial charge in [-0.15, -0.1) is 0 Å². The molecule has 0 aliphatic heterocycles. The number of aromatic nitrogens is 6. The van der Waals surface area contributed by atoms with Crippen molar-refractivity contribution in [1.29, 1.82) is 0 Å². The van der Waals surface area contributed by atoms with Crippen LogP contribution in [0.4, 0.5) is 10.1 Å². The first-order chi connectivity index (χ1) is 19.0. The number of H-pyrrole nitrogens is 2. The molecular weight excluding hydrogens is 497 g/mol. The highest BCUT2D eigenvalue weighted by atomic mass is 19.1. The molecule has 194 valence electrons. The molecule has 0 fully saturated rings. The number of nitrogens with zero attached hydrogens (tertiary/aromatic N) is 4. The highest BCUT2D eigenvalue weighted by Crippen LogP contribution is 2.35. The van der Waals surface area contributed by atoms with Gasteiger partial charge in [0.05, 0.1) is 42.1 Å². The average molecular weight is 522 g/mol. The second-order valence-corrected chi connectivity index (χ2v) is 9.13. The Balaban J connectivity index is 1.40. The summed E-state index contributed by atoms with van der Waals surface area (Å²) in [6, 6.07) is 12.2. The standard InChI is InChI=1S/C29H24FN7O2/c1-3-4-27(38)34-19-8-17(13-31-14-19)24-12-23-26(15-33-24)36-37-28(23)25-11-22-21(5-6-32-29(22)35-25)16-7-18(30)10-20(9-16)39-2/h5-15H,3-4H2,1-2H3,(H,32,35)(H,34,38)(H,36,37). The minimum atomic E-state index is -0.383. The van der Waals surface area contributed by atoms with Gasteiger partial charge in [-0.05, 0) is 53.9 Å². The molecule has 0 radical (unpaired) electrons. The van der Waals surface area contributed by atoms with E-state index in [0.717, 1.165) is 39.5 Å². The Kier molecular flexibility index (Phi) is 6.20. The molecule has 0 atom stereocenters. The molecule has 6 rings (SSSR count). The number of methoxy groups -OCH3 is 1. The van der Waals surface area contributed by atoms with Gasteiger partial charge in [0, 0.05) is 41.2 Å². The molecule has 39 heavy (non-hydrogen) atoms. The van der Waals surface area contributed by atoms with E-state index in [9.17, 15) is 9.18 Å². The van der Waals surface area contributed by atoms with Crippen molar-refractivity contribution in [2.24, 2.45) is 0 Å². The van der Waals surface area contributed by atoms with Crippen molar-refractivity contribution >= 4 is 33.5 Å². The fourth-order valence-corrected chi connectivity index (χ4v) is 4.62. The Hall–Kier alpha value is -5.12. The van der Waals surface area contributed by atoms with Crippen molar-refractivity contribution in [2.45, 2.75) is 19.8 Å². The predicted octanol–water partition coefficient (Wildman–Crippen LogP) is 6.12. The molecular formula is C29H24FN7O2. The Labute approximate surface area is 222 Å². The lowest BCUT2D eigenvalue weighted by Gasteiger charge is -2.06. The second kappa shape index (κ2) is 9.97. The number of ether oxygens (including phenoxy) is 1. The van der Waals surface area contributed by atoms with Gasteiger partial charge in [-0.1, -0.05) is 6.92 Å². The maximum atomic E-state index is 14.3. The molecule has 0 spiro atoms. The predicted molar refractivity (Wildman–Crippen MR) is 148 cm³/mol. The van der Waals surface area contributed by atoms with Crippen LogP contribution in [0.3, 0.4) is 0 Å². The first-order valence-corrected chi connectivity index (χ1v) is 12.4. The van der Waals surface area contributed by atoms with Gasteiger partial charge in [0.25, 0.3) is 0 Å². The molecule has 5 heterocycles. The lowest BCUT2D eigenvalue weighted by molar-refractivity contribution is -0.116. The number of anilines is 1. The molecule has 9 nitrogen and oxygen atoms in total. The number of carbonyl (C=O) groups is 1. The van der Waals surface area contributed by atoms with E-state index < -0.39 is 0 Å². The van der Waals surface area contributed by atoms with Crippen LogP contribution in [0.25, 0.3) is 55.7 Å². The summed E-state index contributed by atoms with van der Waals surface area (Å²) in [4.78, 5) is 28.7. The van der Waals surface area contributed by atoms with Crippen molar-refractivity contribution < 1.29 is 13.9 Å². The van der Waals surface area contributed by atoms with Gasteiger partial charge in [-0.2, -0.15) is 5.10 Å². The molecule has 0 aliphatic rings. The molecule has 3 N–H and O–H groups in total. The van der Waals surface area contributed by atoms with Crippen LogP contribution >= 0.6 is 0 Å². The Bertz CT molecular complexity index is 1840. The summed E-state index contributed by atoms with van der Waals surface area (Å²) in [5, 5.41) is 12.1. The summed E-state index contributed by atoms with van der Waals surface area (Å²) in [5.74, 6) is -0.000114. The van der Waals surface area contributed by atoms with Crippen LogP contribution in [0.5, 0.6) is 5.75 Å². The molecule has 0 saturated carbocycles. The Morgan fingerprint density at radius 1 is 1.03 bits per heavy atom. The van der Waals surface area contributed by atoms with Gasteiger partial charge in [-0.3, -0.25) is 19.9 Å².